The van der Waals surface area contributed by atoms with Crippen LogP contribution in [0.3, 0.4) is 0 Å². The second kappa shape index (κ2) is 15.3. The summed E-state index contributed by atoms with van der Waals surface area (Å²) in [4.78, 5) is 55.9. The zero-order valence-electron chi connectivity index (χ0n) is 27.5. The summed E-state index contributed by atoms with van der Waals surface area (Å²) in [6.45, 7) is 8.52. The van der Waals surface area contributed by atoms with E-state index in [1.807, 2.05) is 13.0 Å². The highest BCUT2D eigenvalue weighted by molar-refractivity contribution is 6.31. The van der Waals surface area contributed by atoms with E-state index in [-0.39, 0.29) is 33.9 Å². The number of benzene rings is 2. The Balaban J connectivity index is 1.60. The van der Waals surface area contributed by atoms with Crippen molar-refractivity contribution >= 4 is 52.4 Å². The van der Waals surface area contributed by atoms with E-state index in [0.29, 0.717) is 47.5 Å². The number of anilines is 3. The molecule has 2 atom stereocenters. The van der Waals surface area contributed by atoms with Crippen LogP contribution in [0.15, 0.2) is 66.1 Å². The third kappa shape index (κ3) is 9.54. The summed E-state index contributed by atoms with van der Waals surface area (Å²) in [7, 11) is 0. The van der Waals surface area contributed by atoms with E-state index in [2.05, 4.69) is 26.3 Å². The van der Waals surface area contributed by atoms with Gasteiger partial charge in [0.25, 0.3) is 5.91 Å². The van der Waals surface area contributed by atoms with E-state index < -0.39 is 41.7 Å². The number of pyridine rings is 1. The molecule has 1 aliphatic heterocycles. The predicted octanol–water partition coefficient (Wildman–Crippen LogP) is 6.43. The normalized spacial score (nSPS) is 16.9. The van der Waals surface area contributed by atoms with Crippen molar-refractivity contribution in [1.82, 2.24) is 10.3 Å². The van der Waals surface area contributed by atoms with Gasteiger partial charge >= 0.3 is 5.97 Å². The number of hydrogen-bond donors (Lipinski definition) is 5. The third-order valence-electron chi connectivity index (χ3n) is 7.54. The highest BCUT2D eigenvalue weighted by Crippen LogP contribution is 2.34. The van der Waals surface area contributed by atoms with Crippen LogP contribution in [0, 0.1) is 11.7 Å². The van der Waals surface area contributed by atoms with Gasteiger partial charge in [0.05, 0.1) is 28.1 Å². The first-order chi connectivity index (χ1) is 22.6. The van der Waals surface area contributed by atoms with Crippen LogP contribution in [-0.2, 0) is 23.9 Å². The zero-order chi connectivity index (χ0) is 35.2. The molecule has 2 heterocycles. The Morgan fingerprint density at radius 2 is 1.85 bits per heavy atom. The molecule has 11 nitrogen and oxygen atoms in total. The molecule has 6 N–H and O–H groups in total. The number of halogens is 2. The van der Waals surface area contributed by atoms with Crippen LogP contribution in [-0.4, -0.2) is 34.3 Å². The quantitative estimate of drug-likeness (QED) is 0.108. The van der Waals surface area contributed by atoms with Gasteiger partial charge in [0.2, 0.25) is 11.8 Å². The number of nitrogens with zero attached hydrogens (tertiary/aromatic N) is 1. The highest BCUT2D eigenvalue weighted by atomic mass is 35.5. The molecule has 3 aromatic rings. The fourth-order valence-electron chi connectivity index (χ4n) is 5.08. The first-order valence-corrected chi connectivity index (χ1v) is 15.9. The number of aromatic nitrogens is 1. The minimum Gasteiger partial charge on any atom is -0.460 e. The lowest BCUT2D eigenvalue weighted by Crippen LogP contribution is -2.34. The van der Waals surface area contributed by atoms with Crippen LogP contribution >= 0.6 is 11.6 Å². The van der Waals surface area contributed by atoms with Crippen LogP contribution in [0.4, 0.5) is 21.5 Å². The number of carbonyl (C=O) groups excluding carboxylic acids is 4. The molecule has 2 aromatic carbocycles. The molecule has 0 radical (unpaired) electrons. The van der Waals surface area contributed by atoms with Crippen molar-refractivity contribution in [3.05, 3.63) is 82.7 Å². The third-order valence-corrected chi connectivity index (χ3v) is 7.83. The molecule has 254 valence electrons. The fraction of sp³-hybridized carbons (Fsp3) is 0.343. The SMILES string of the molecule is C/C(Nc1cccc(Cl)c1F)=C(/N)C(=O)NC1CCCC(C)C(=O)Nc2cc(NC(=O)CC(=O)OC(C)(C)C)ccc2-c2ccnc1c2. The molecule has 1 aromatic heterocycles. The summed E-state index contributed by atoms with van der Waals surface area (Å²) < 4.78 is 19.7. The van der Waals surface area contributed by atoms with Gasteiger partial charge in [-0.1, -0.05) is 37.1 Å². The van der Waals surface area contributed by atoms with Gasteiger partial charge < -0.3 is 31.7 Å². The van der Waals surface area contributed by atoms with E-state index in [1.54, 1.807) is 64.2 Å². The van der Waals surface area contributed by atoms with E-state index >= 15 is 0 Å². The van der Waals surface area contributed by atoms with Gasteiger partial charge in [-0.3, -0.25) is 24.2 Å². The van der Waals surface area contributed by atoms with Gasteiger partial charge in [-0.2, -0.15) is 0 Å². The lowest BCUT2D eigenvalue weighted by Gasteiger charge is -2.23. The molecule has 2 unspecified atom stereocenters. The van der Waals surface area contributed by atoms with Crippen molar-refractivity contribution in [2.24, 2.45) is 11.7 Å². The molecule has 0 saturated carbocycles. The van der Waals surface area contributed by atoms with E-state index in [1.165, 1.54) is 12.1 Å². The van der Waals surface area contributed by atoms with E-state index in [0.717, 1.165) is 0 Å². The van der Waals surface area contributed by atoms with Crippen LogP contribution in [0.5, 0.6) is 0 Å². The smallest absolute Gasteiger partial charge is 0.315 e. The highest BCUT2D eigenvalue weighted by Gasteiger charge is 2.24. The molecular weight excluding hydrogens is 639 g/mol. The maximum absolute atomic E-state index is 14.4. The van der Waals surface area contributed by atoms with Gasteiger partial charge in [0.15, 0.2) is 5.82 Å². The number of rotatable bonds is 7. The molecule has 1 aliphatic rings. The Bertz CT molecular complexity index is 1760. The fourth-order valence-corrected chi connectivity index (χ4v) is 5.26. The van der Waals surface area contributed by atoms with Crippen molar-refractivity contribution in [2.45, 2.75) is 71.9 Å². The van der Waals surface area contributed by atoms with Gasteiger partial charge in [0.1, 0.15) is 17.7 Å². The summed E-state index contributed by atoms with van der Waals surface area (Å²) in [5.74, 6) is -3.05. The van der Waals surface area contributed by atoms with E-state index in [9.17, 15) is 23.6 Å². The van der Waals surface area contributed by atoms with Crippen molar-refractivity contribution in [1.29, 1.82) is 0 Å². The van der Waals surface area contributed by atoms with Gasteiger partial charge in [-0.25, -0.2) is 4.39 Å². The molecular formula is C35H40ClFN6O5. The first kappa shape index (κ1) is 35.9. The number of ether oxygens (including phenoxy) is 1. The number of nitrogens with two attached hydrogens (primary N) is 1. The number of carbonyl (C=O) groups is 4. The molecule has 13 heteroatoms. The number of amides is 3. The second-order valence-electron chi connectivity index (χ2n) is 12.7. The minimum absolute atomic E-state index is 0.0707. The number of nitrogens with one attached hydrogen (secondary N) is 4. The summed E-state index contributed by atoms with van der Waals surface area (Å²) in [6, 6.07) is 12.5. The summed E-state index contributed by atoms with van der Waals surface area (Å²) >= 11 is 5.88. The van der Waals surface area contributed by atoms with Crippen molar-refractivity contribution in [3.63, 3.8) is 0 Å². The first-order valence-electron chi connectivity index (χ1n) is 15.5. The van der Waals surface area contributed by atoms with Crippen LogP contribution in [0.1, 0.15) is 72.0 Å². The lowest BCUT2D eigenvalue weighted by molar-refractivity contribution is -0.155. The number of esters is 1. The molecule has 0 spiro atoms. The Morgan fingerprint density at radius 1 is 1.10 bits per heavy atom. The molecule has 4 rings (SSSR count). The molecule has 0 fully saturated rings. The van der Waals surface area contributed by atoms with Gasteiger partial charge in [-0.15, -0.1) is 0 Å². The van der Waals surface area contributed by atoms with E-state index in [4.69, 9.17) is 22.1 Å². The number of hydrogen-bond acceptors (Lipinski definition) is 8. The molecule has 0 aliphatic carbocycles. The van der Waals surface area contributed by atoms with Gasteiger partial charge in [0, 0.05) is 29.1 Å². The molecule has 2 bridgehead atoms. The monoisotopic (exact) mass is 678 g/mol. The molecule has 0 saturated heterocycles. The van der Waals surface area contributed by atoms with Crippen LogP contribution in [0.25, 0.3) is 11.1 Å². The standard InChI is InChI=1S/C35H40ClFN6O5/c1-19-8-6-10-25(42-34(47)32(38)20(2)40-26-11-7-9-24(36)31(26)37)28-16-21(14-15-39-28)23-13-12-22(17-27(23)43-33(19)46)41-29(44)18-30(45)48-35(3,4)5/h7,9,11-17,19,25,40H,6,8,10,18,38H2,1-5H3,(H,41,44)(H,42,47)(H,43,46)/b32-20-. The summed E-state index contributed by atoms with van der Waals surface area (Å²) in [5, 5.41) is 11.4. The maximum Gasteiger partial charge on any atom is 0.315 e. The second-order valence-corrected chi connectivity index (χ2v) is 13.1. The Kier molecular flexibility index (Phi) is 11.4. The predicted molar refractivity (Wildman–Crippen MR) is 183 cm³/mol. The Hall–Kier alpha value is -4.97. The minimum atomic E-state index is -0.723. The summed E-state index contributed by atoms with van der Waals surface area (Å²) in [5.41, 5.74) is 8.38. The van der Waals surface area contributed by atoms with Gasteiger partial charge in [-0.05, 0) is 82.5 Å². The summed E-state index contributed by atoms with van der Waals surface area (Å²) in [6.07, 6.45) is 2.70. The van der Waals surface area contributed by atoms with Crippen LogP contribution in [0.2, 0.25) is 5.02 Å². The number of allylic oxidation sites excluding steroid dienone is 1. The lowest BCUT2D eigenvalue weighted by atomic mass is 9.95. The zero-order valence-corrected chi connectivity index (χ0v) is 28.3. The average molecular weight is 679 g/mol. The Morgan fingerprint density at radius 3 is 2.58 bits per heavy atom. The largest absolute Gasteiger partial charge is 0.460 e. The number of fused-ring (bicyclic) bond motifs is 4. The molecule has 3 amide bonds. The maximum atomic E-state index is 14.4. The van der Waals surface area contributed by atoms with Crippen LogP contribution < -0.4 is 27.0 Å². The Labute approximate surface area is 283 Å². The topological polar surface area (TPSA) is 165 Å². The molecule has 48 heavy (non-hydrogen) atoms. The van der Waals surface area contributed by atoms with Crippen molar-refractivity contribution in [2.75, 3.05) is 16.0 Å². The van der Waals surface area contributed by atoms with Crippen molar-refractivity contribution in [3.8, 4) is 11.1 Å². The van der Waals surface area contributed by atoms with Crippen molar-refractivity contribution < 1.29 is 28.3 Å². The average Bonchev–Trinajstić information content (AvgIpc) is 3.00.